The fourth-order valence-electron chi connectivity index (χ4n) is 3.11. The topological polar surface area (TPSA) is 51.7 Å². The summed E-state index contributed by atoms with van der Waals surface area (Å²) in [5, 5.41) is 1.08. The average Bonchev–Trinajstić information content (AvgIpc) is 2.99. The Hall–Kier alpha value is -2.14. The Kier molecular flexibility index (Phi) is 3.22. The molecule has 2 aromatic rings. The van der Waals surface area contributed by atoms with Crippen molar-refractivity contribution in [3.8, 4) is 5.88 Å². The highest BCUT2D eigenvalue weighted by atomic mass is 16.6. The van der Waals surface area contributed by atoms with Crippen LogP contribution in [0.1, 0.15) is 24.0 Å². The van der Waals surface area contributed by atoms with E-state index in [0.717, 1.165) is 35.9 Å². The minimum atomic E-state index is -0.332. The van der Waals surface area contributed by atoms with E-state index in [9.17, 15) is 4.79 Å². The van der Waals surface area contributed by atoms with Crippen LogP contribution in [-0.4, -0.2) is 35.2 Å². The molecular formula is C17H18N2O3. The maximum Gasteiger partial charge on any atom is 0.416 e. The number of pyridine rings is 1. The Morgan fingerprint density at radius 1 is 1.36 bits per heavy atom. The average molecular weight is 298 g/mol. The number of hydrogen-bond donors (Lipinski definition) is 0. The summed E-state index contributed by atoms with van der Waals surface area (Å²) in [5.41, 5.74) is 3.00. The monoisotopic (exact) mass is 298 g/mol. The van der Waals surface area contributed by atoms with Gasteiger partial charge in [0.05, 0.1) is 24.7 Å². The van der Waals surface area contributed by atoms with Crippen molar-refractivity contribution in [2.45, 2.75) is 32.4 Å². The predicted octanol–water partition coefficient (Wildman–Crippen LogP) is 3.04. The Balaban J connectivity index is 1.64. The molecule has 0 spiro atoms. The van der Waals surface area contributed by atoms with Crippen LogP contribution < -0.4 is 4.74 Å². The number of fused-ring (bicyclic) bond motifs is 2. The molecule has 0 saturated carbocycles. The summed E-state index contributed by atoms with van der Waals surface area (Å²) in [5.74, 6) is 0.435. The highest BCUT2D eigenvalue weighted by Crippen LogP contribution is 2.29. The lowest BCUT2D eigenvalue weighted by molar-refractivity contribution is 0.0641. The minimum absolute atomic E-state index is 0.129. The van der Waals surface area contributed by atoms with Crippen molar-refractivity contribution in [3.05, 3.63) is 35.4 Å². The van der Waals surface area contributed by atoms with Gasteiger partial charge in [0.15, 0.2) is 0 Å². The standard InChI is InChI=1S/C17H18N2O3/c1-11-4-5-15-12(7-11)8-13-9-19(10-14-3-2-6-21-14)17(20)22-16(13)18-15/h4-5,7-8,14H,2-3,6,9-10H2,1H3. The summed E-state index contributed by atoms with van der Waals surface area (Å²) >= 11 is 0. The van der Waals surface area contributed by atoms with Crippen molar-refractivity contribution in [1.82, 2.24) is 9.88 Å². The molecule has 1 aromatic carbocycles. The van der Waals surface area contributed by atoms with E-state index in [0.29, 0.717) is 19.0 Å². The molecule has 0 N–H and O–H groups in total. The zero-order valence-corrected chi connectivity index (χ0v) is 12.5. The second kappa shape index (κ2) is 5.25. The van der Waals surface area contributed by atoms with Crippen molar-refractivity contribution in [2.75, 3.05) is 13.2 Å². The Morgan fingerprint density at radius 3 is 3.09 bits per heavy atom. The van der Waals surface area contributed by atoms with Crippen LogP contribution in [-0.2, 0) is 11.3 Å². The van der Waals surface area contributed by atoms with Crippen molar-refractivity contribution in [2.24, 2.45) is 0 Å². The molecule has 22 heavy (non-hydrogen) atoms. The van der Waals surface area contributed by atoms with Crippen LogP contribution in [0.3, 0.4) is 0 Å². The van der Waals surface area contributed by atoms with Crippen molar-refractivity contribution >= 4 is 17.0 Å². The third-order valence-corrected chi connectivity index (χ3v) is 4.26. The zero-order valence-electron chi connectivity index (χ0n) is 12.5. The second-order valence-electron chi connectivity index (χ2n) is 6.03. The van der Waals surface area contributed by atoms with Gasteiger partial charge < -0.3 is 14.4 Å². The van der Waals surface area contributed by atoms with Gasteiger partial charge in [-0.15, -0.1) is 0 Å². The van der Waals surface area contributed by atoms with Crippen molar-refractivity contribution in [3.63, 3.8) is 0 Å². The highest BCUT2D eigenvalue weighted by molar-refractivity contribution is 5.82. The lowest BCUT2D eigenvalue weighted by Gasteiger charge is -2.29. The quantitative estimate of drug-likeness (QED) is 0.855. The maximum absolute atomic E-state index is 12.1. The third-order valence-electron chi connectivity index (χ3n) is 4.26. The van der Waals surface area contributed by atoms with E-state index in [1.165, 1.54) is 5.56 Å². The smallest absolute Gasteiger partial charge is 0.391 e. The van der Waals surface area contributed by atoms with E-state index in [2.05, 4.69) is 24.0 Å². The summed E-state index contributed by atoms with van der Waals surface area (Å²) in [7, 11) is 0. The summed E-state index contributed by atoms with van der Waals surface area (Å²) in [6.45, 7) is 3.97. The number of rotatable bonds is 2. The number of benzene rings is 1. The molecule has 5 heteroatoms. The summed E-state index contributed by atoms with van der Waals surface area (Å²) in [6, 6.07) is 8.14. The van der Waals surface area contributed by atoms with Crippen LogP contribution in [0.5, 0.6) is 5.88 Å². The molecule has 1 aromatic heterocycles. The van der Waals surface area contributed by atoms with Crippen molar-refractivity contribution in [1.29, 1.82) is 0 Å². The van der Waals surface area contributed by atoms with Gasteiger partial charge in [-0.1, -0.05) is 11.6 Å². The van der Waals surface area contributed by atoms with Gasteiger partial charge in [-0.3, -0.25) is 0 Å². The number of aromatic nitrogens is 1. The van der Waals surface area contributed by atoms with Gasteiger partial charge in [0.2, 0.25) is 5.88 Å². The highest BCUT2D eigenvalue weighted by Gasteiger charge is 2.29. The van der Waals surface area contributed by atoms with Gasteiger partial charge in [-0.05, 0) is 38.0 Å². The maximum atomic E-state index is 12.1. The molecule has 2 aliphatic rings. The Labute approximate surface area is 128 Å². The fraction of sp³-hybridized carbons (Fsp3) is 0.412. The third kappa shape index (κ3) is 2.41. The van der Waals surface area contributed by atoms with Crippen LogP contribution >= 0.6 is 0 Å². The molecule has 1 fully saturated rings. The normalized spacial score (nSPS) is 21.0. The van der Waals surface area contributed by atoms with Gasteiger partial charge >= 0.3 is 6.09 Å². The van der Waals surface area contributed by atoms with Gasteiger partial charge in [-0.2, -0.15) is 0 Å². The van der Waals surface area contributed by atoms with Crippen LogP contribution in [0.15, 0.2) is 24.3 Å². The summed E-state index contributed by atoms with van der Waals surface area (Å²) < 4.78 is 11.0. The molecule has 1 amide bonds. The van der Waals surface area contributed by atoms with Crippen LogP contribution in [0.4, 0.5) is 4.79 Å². The van der Waals surface area contributed by atoms with E-state index in [1.807, 2.05) is 12.1 Å². The fourth-order valence-corrected chi connectivity index (χ4v) is 3.11. The molecule has 2 aliphatic heterocycles. The first-order chi connectivity index (χ1) is 10.7. The van der Waals surface area contributed by atoms with Crippen LogP contribution in [0, 0.1) is 6.92 Å². The Bertz CT molecular complexity index is 738. The first kappa shape index (κ1) is 13.5. The van der Waals surface area contributed by atoms with Gasteiger partial charge in [-0.25, -0.2) is 9.78 Å². The summed E-state index contributed by atoms with van der Waals surface area (Å²) in [4.78, 5) is 18.3. The van der Waals surface area contributed by atoms with Crippen LogP contribution in [0.25, 0.3) is 10.9 Å². The predicted molar refractivity (Wildman–Crippen MR) is 81.9 cm³/mol. The van der Waals surface area contributed by atoms with Gasteiger partial charge in [0, 0.05) is 17.6 Å². The van der Waals surface area contributed by atoms with E-state index in [1.54, 1.807) is 4.90 Å². The number of aryl methyl sites for hydroxylation is 1. The largest absolute Gasteiger partial charge is 0.416 e. The number of carbonyl (C=O) groups is 1. The second-order valence-corrected chi connectivity index (χ2v) is 6.03. The lowest BCUT2D eigenvalue weighted by Crippen LogP contribution is -2.41. The molecular weight excluding hydrogens is 280 g/mol. The van der Waals surface area contributed by atoms with E-state index in [-0.39, 0.29) is 12.2 Å². The number of hydrogen-bond acceptors (Lipinski definition) is 4. The number of nitrogens with zero attached hydrogens (tertiary/aromatic N) is 2. The molecule has 1 unspecified atom stereocenters. The molecule has 0 radical (unpaired) electrons. The molecule has 1 atom stereocenters. The van der Waals surface area contributed by atoms with E-state index < -0.39 is 0 Å². The molecule has 3 heterocycles. The molecule has 0 aliphatic carbocycles. The molecule has 5 nitrogen and oxygen atoms in total. The number of amides is 1. The van der Waals surface area contributed by atoms with E-state index >= 15 is 0 Å². The van der Waals surface area contributed by atoms with Gasteiger partial charge in [0.25, 0.3) is 0 Å². The summed E-state index contributed by atoms with van der Waals surface area (Å²) in [6.07, 6.45) is 1.87. The first-order valence-electron chi connectivity index (χ1n) is 7.68. The van der Waals surface area contributed by atoms with Gasteiger partial charge in [0.1, 0.15) is 0 Å². The Morgan fingerprint density at radius 2 is 2.27 bits per heavy atom. The lowest BCUT2D eigenvalue weighted by atomic mass is 10.1. The number of ether oxygens (including phenoxy) is 2. The first-order valence-corrected chi connectivity index (χ1v) is 7.68. The zero-order chi connectivity index (χ0) is 15.1. The molecule has 1 saturated heterocycles. The molecule has 0 bridgehead atoms. The SMILES string of the molecule is Cc1ccc2nc3c(cc2c1)CN(CC1CCCO1)C(=O)O3. The molecule has 4 rings (SSSR count). The minimum Gasteiger partial charge on any atom is -0.391 e. The van der Waals surface area contributed by atoms with Crippen molar-refractivity contribution < 1.29 is 14.3 Å². The van der Waals surface area contributed by atoms with Crippen LogP contribution in [0.2, 0.25) is 0 Å². The van der Waals surface area contributed by atoms with E-state index in [4.69, 9.17) is 9.47 Å². The number of carbonyl (C=O) groups excluding carboxylic acids is 1. The molecule has 114 valence electrons.